The van der Waals surface area contributed by atoms with Gasteiger partial charge in [0.1, 0.15) is 17.2 Å². The number of amides is 2. The Morgan fingerprint density at radius 1 is 0.500 bits per heavy atom. The molecule has 10 nitrogen and oxygen atoms in total. The number of carbonyl (C=O) groups is 4. The molecule has 8 aromatic rings. The Balaban J connectivity index is 0.000000255. The maximum Gasteiger partial charge on any atom is 0.416 e. The number of rotatable bonds is 8. The summed E-state index contributed by atoms with van der Waals surface area (Å²) in [6.07, 6.45) is -8.88. The summed E-state index contributed by atoms with van der Waals surface area (Å²) in [4.78, 5) is 58.2. The average molecular weight is 961 g/mol. The number of anilines is 2. The number of aromatic carboxylic acids is 1. The van der Waals surface area contributed by atoms with Crippen LogP contribution in [-0.2, 0) is 17.1 Å². The second-order valence-corrected chi connectivity index (χ2v) is 16.2. The highest BCUT2D eigenvalue weighted by atomic mass is 19.4. The van der Waals surface area contributed by atoms with E-state index in [-0.39, 0.29) is 31.8 Å². The molecule has 6 aromatic carbocycles. The van der Waals surface area contributed by atoms with Gasteiger partial charge in [-0.25, -0.2) is 19.6 Å². The van der Waals surface area contributed by atoms with Crippen LogP contribution in [0.25, 0.3) is 44.1 Å². The number of nitrogens with one attached hydrogen (secondary N) is 2. The lowest BCUT2D eigenvalue weighted by Crippen LogP contribution is -2.23. The predicted octanol–water partition coefficient (Wildman–Crippen LogP) is 14.3. The molecule has 0 atom stereocenters. The van der Waals surface area contributed by atoms with Crippen LogP contribution in [0.4, 0.5) is 38.0 Å². The fourth-order valence-electron chi connectivity index (χ4n) is 6.90. The number of nitrogens with zero attached hydrogens (tertiary/aromatic N) is 2. The molecule has 2 amide bonds. The van der Waals surface area contributed by atoms with Gasteiger partial charge in [0, 0.05) is 21.9 Å². The van der Waals surface area contributed by atoms with E-state index >= 15 is 0 Å². The fourth-order valence-corrected chi connectivity index (χ4v) is 6.90. The van der Waals surface area contributed by atoms with Crippen LogP contribution < -0.4 is 10.6 Å². The molecule has 0 fully saturated rings. The molecule has 0 aliphatic carbocycles. The van der Waals surface area contributed by atoms with Crippen molar-refractivity contribution in [3.8, 4) is 22.3 Å². The molecular formula is C54H46F6N4O6. The standard InChI is InChI=1S/C28H23F3N2O3.C24H15F3N2O3.2CH4/c1-27(2,3)36-26(35)19-10-14-23-18(16-19)11-15-24(32-23)33-25(34)22-7-5-4-6-21(22)17-8-12-20(13-9-17)28(29,30)31;25-24(26,27)17-9-5-14(6-10-17)18-3-1-2-4-19(18)22(30)29-21-12-8-15-13-16(23(31)32)7-11-20(15)28-21;;/h4-16H,1-3H3,(H,32,33,34);1-13H,(H,31,32)(H,28,29,30);2*1H4. The van der Waals surface area contributed by atoms with Crippen molar-refractivity contribution in [3.63, 3.8) is 0 Å². The van der Waals surface area contributed by atoms with Crippen LogP contribution in [0.3, 0.4) is 0 Å². The molecule has 0 saturated heterocycles. The highest BCUT2D eigenvalue weighted by Gasteiger charge is 2.31. The molecule has 0 spiro atoms. The normalized spacial score (nSPS) is 11.3. The molecule has 0 saturated carbocycles. The van der Waals surface area contributed by atoms with E-state index in [1.165, 1.54) is 36.4 Å². The molecule has 2 aromatic heterocycles. The Hall–Kier alpha value is -8.40. The van der Waals surface area contributed by atoms with Crippen molar-refractivity contribution >= 4 is 57.2 Å². The molecule has 0 unspecified atom stereocenters. The highest BCUT2D eigenvalue weighted by Crippen LogP contribution is 2.34. The molecular weight excluding hydrogens is 915 g/mol. The zero-order valence-corrected chi connectivity index (χ0v) is 36.2. The van der Waals surface area contributed by atoms with Gasteiger partial charge in [-0.3, -0.25) is 9.59 Å². The minimum Gasteiger partial charge on any atom is -0.478 e. The minimum absolute atomic E-state index is 0. The van der Waals surface area contributed by atoms with Crippen LogP contribution in [0.1, 0.15) is 88.2 Å². The van der Waals surface area contributed by atoms with Gasteiger partial charge in [0.05, 0.1) is 33.3 Å². The van der Waals surface area contributed by atoms with E-state index in [0.717, 1.165) is 24.3 Å². The zero-order chi connectivity index (χ0) is 49.0. The van der Waals surface area contributed by atoms with E-state index < -0.39 is 52.8 Å². The lowest BCUT2D eigenvalue weighted by Gasteiger charge is -2.19. The van der Waals surface area contributed by atoms with Gasteiger partial charge in [-0.2, -0.15) is 26.3 Å². The summed E-state index contributed by atoms with van der Waals surface area (Å²) < 4.78 is 82.7. The number of carbonyl (C=O) groups excluding carboxylic acids is 3. The van der Waals surface area contributed by atoms with E-state index in [2.05, 4.69) is 20.6 Å². The van der Waals surface area contributed by atoms with Crippen LogP contribution in [0.2, 0.25) is 0 Å². The maximum atomic E-state index is 13.1. The second kappa shape index (κ2) is 21.3. The second-order valence-electron chi connectivity index (χ2n) is 16.2. The first-order valence-electron chi connectivity index (χ1n) is 20.6. The smallest absolute Gasteiger partial charge is 0.416 e. The number of esters is 1. The SMILES string of the molecule is C.C.CC(C)(C)OC(=O)c1ccc2nc(NC(=O)c3ccccc3-c3ccc(C(F)(F)F)cc3)ccc2c1.O=C(O)c1ccc2nc(NC(=O)c3ccccc3-c3ccc(C(F)(F)F)cc3)ccc2c1. The number of carboxylic acids is 1. The first kappa shape index (κ1) is 52.6. The summed E-state index contributed by atoms with van der Waals surface area (Å²) in [6, 6.07) is 38.4. The third kappa shape index (κ3) is 12.8. The summed E-state index contributed by atoms with van der Waals surface area (Å²) in [6.45, 7) is 5.37. The van der Waals surface area contributed by atoms with Crippen LogP contribution in [0.15, 0.2) is 158 Å². The Kier molecular flexibility index (Phi) is 16.0. The van der Waals surface area contributed by atoms with Crippen molar-refractivity contribution in [2.45, 2.75) is 53.6 Å². The van der Waals surface area contributed by atoms with E-state index in [0.29, 0.717) is 61.0 Å². The molecule has 0 bridgehead atoms. The number of pyridine rings is 2. The van der Waals surface area contributed by atoms with Gasteiger partial charge in [0.2, 0.25) is 0 Å². The zero-order valence-electron chi connectivity index (χ0n) is 36.2. The molecule has 2 heterocycles. The Labute approximate surface area is 399 Å². The van der Waals surface area contributed by atoms with Crippen molar-refractivity contribution in [1.29, 1.82) is 0 Å². The highest BCUT2D eigenvalue weighted by molar-refractivity contribution is 6.09. The van der Waals surface area contributed by atoms with Crippen LogP contribution in [0.5, 0.6) is 0 Å². The van der Waals surface area contributed by atoms with Crippen molar-refractivity contribution in [2.75, 3.05) is 10.6 Å². The van der Waals surface area contributed by atoms with Crippen LogP contribution in [0, 0.1) is 0 Å². The molecule has 16 heteroatoms. The van der Waals surface area contributed by atoms with Crippen LogP contribution >= 0.6 is 0 Å². The molecule has 8 rings (SSSR count). The number of aromatic nitrogens is 2. The Morgan fingerprint density at radius 3 is 1.27 bits per heavy atom. The molecule has 360 valence electrons. The van der Waals surface area contributed by atoms with E-state index in [1.807, 2.05) is 0 Å². The number of benzene rings is 6. The first-order chi connectivity index (χ1) is 32.1. The van der Waals surface area contributed by atoms with Gasteiger partial charge >= 0.3 is 24.3 Å². The quantitative estimate of drug-likeness (QED) is 0.101. The lowest BCUT2D eigenvalue weighted by molar-refractivity contribution is -0.138. The Morgan fingerprint density at radius 2 is 0.886 bits per heavy atom. The monoisotopic (exact) mass is 960 g/mol. The van der Waals surface area contributed by atoms with Gasteiger partial charge in [0.25, 0.3) is 11.8 Å². The molecule has 70 heavy (non-hydrogen) atoms. The first-order valence-corrected chi connectivity index (χ1v) is 20.6. The van der Waals surface area contributed by atoms with Crippen LogP contribution in [-0.4, -0.2) is 44.4 Å². The van der Waals surface area contributed by atoms with Crippen molar-refractivity contribution < 1.29 is 55.4 Å². The average Bonchev–Trinajstić information content (AvgIpc) is 3.30. The van der Waals surface area contributed by atoms with E-state index in [1.54, 1.807) is 118 Å². The number of hydrogen-bond acceptors (Lipinski definition) is 7. The van der Waals surface area contributed by atoms with Gasteiger partial charge in [-0.1, -0.05) is 75.5 Å². The maximum absolute atomic E-state index is 13.1. The summed E-state index contributed by atoms with van der Waals surface area (Å²) in [5.41, 5.74) is 1.92. The van der Waals surface area contributed by atoms with Gasteiger partial charge < -0.3 is 20.5 Å². The Bertz CT molecular complexity index is 3200. The number of ether oxygens (including phenoxy) is 1. The van der Waals surface area contributed by atoms with E-state index in [9.17, 15) is 45.5 Å². The van der Waals surface area contributed by atoms with E-state index in [4.69, 9.17) is 9.84 Å². The van der Waals surface area contributed by atoms with Gasteiger partial charge in [-0.15, -0.1) is 0 Å². The topological polar surface area (TPSA) is 148 Å². The number of alkyl halides is 6. The largest absolute Gasteiger partial charge is 0.478 e. The summed E-state index contributed by atoms with van der Waals surface area (Å²) in [5, 5.41) is 15.8. The summed E-state index contributed by atoms with van der Waals surface area (Å²) >= 11 is 0. The molecule has 0 aliphatic heterocycles. The van der Waals surface area contributed by atoms with Gasteiger partial charge in [-0.05, 0) is 140 Å². The van der Waals surface area contributed by atoms with Crippen molar-refractivity contribution in [3.05, 3.63) is 191 Å². The molecule has 0 aliphatic rings. The fraction of sp³-hybridized carbons (Fsp3) is 0.148. The molecule has 3 N–H and O–H groups in total. The summed E-state index contributed by atoms with van der Waals surface area (Å²) in [7, 11) is 0. The van der Waals surface area contributed by atoms with Gasteiger partial charge in [0.15, 0.2) is 0 Å². The molecule has 0 radical (unpaired) electrons. The number of carboxylic acid groups (broad SMARTS) is 1. The minimum atomic E-state index is -4.44. The lowest BCUT2D eigenvalue weighted by atomic mass is 9.98. The summed E-state index contributed by atoms with van der Waals surface area (Å²) in [5.74, 6) is -1.88. The number of halogens is 6. The van der Waals surface area contributed by atoms with Crippen molar-refractivity contribution in [1.82, 2.24) is 9.97 Å². The predicted molar refractivity (Wildman–Crippen MR) is 259 cm³/mol. The third-order valence-corrected chi connectivity index (χ3v) is 10.1. The number of hydrogen-bond donors (Lipinski definition) is 3. The number of fused-ring (bicyclic) bond motifs is 2. The third-order valence-electron chi connectivity index (χ3n) is 10.1. The van der Waals surface area contributed by atoms with Crippen molar-refractivity contribution in [2.24, 2.45) is 0 Å².